The van der Waals surface area contributed by atoms with Gasteiger partial charge in [0.25, 0.3) is 15.6 Å². The van der Waals surface area contributed by atoms with Crippen LogP contribution in [-0.4, -0.2) is 29.3 Å². The largest absolute Gasteiger partial charge is 0.447 e. The number of carbonyl (C=O) groups is 1. The smallest absolute Gasteiger partial charge is 0.360 e. The van der Waals surface area contributed by atoms with Crippen molar-refractivity contribution in [1.82, 2.24) is 0 Å². The van der Waals surface area contributed by atoms with Crippen molar-refractivity contribution < 1.29 is 18.0 Å². The molecule has 160 valence electrons. The summed E-state index contributed by atoms with van der Waals surface area (Å²) in [5.74, 6) is -0.156. The van der Waals surface area contributed by atoms with Crippen LogP contribution in [0.1, 0.15) is 110 Å². The van der Waals surface area contributed by atoms with Crippen molar-refractivity contribution in [3.8, 4) is 0 Å². The van der Waals surface area contributed by atoms with Gasteiger partial charge in [-0.05, 0) is 44.4 Å². The van der Waals surface area contributed by atoms with Crippen molar-refractivity contribution in [2.75, 3.05) is 0 Å². The van der Waals surface area contributed by atoms with Crippen molar-refractivity contribution in [1.29, 1.82) is 0 Å². The second-order valence-electron chi connectivity index (χ2n) is 8.85. The maximum absolute atomic E-state index is 13.0. The summed E-state index contributed by atoms with van der Waals surface area (Å²) in [5, 5.41) is -1.13. The highest BCUT2D eigenvalue weighted by atomic mass is 32.2. The van der Waals surface area contributed by atoms with Gasteiger partial charge < -0.3 is 5.53 Å². The second kappa shape index (κ2) is 11.9. The molecule has 0 unspecified atom stereocenters. The Morgan fingerprint density at radius 1 is 0.893 bits per heavy atom. The van der Waals surface area contributed by atoms with Gasteiger partial charge in [0.05, 0.1) is 5.25 Å². The first kappa shape index (κ1) is 23.3. The molecule has 2 rings (SSSR count). The number of nitrogens with zero attached hydrogens (tertiary/aromatic N) is 2. The van der Waals surface area contributed by atoms with Gasteiger partial charge in [-0.1, -0.05) is 71.1 Å². The van der Waals surface area contributed by atoms with E-state index in [4.69, 9.17) is 0 Å². The van der Waals surface area contributed by atoms with Gasteiger partial charge >= 0.3 is 5.04 Å². The van der Waals surface area contributed by atoms with Gasteiger partial charge in [-0.15, -0.1) is 4.79 Å². The molecular formula is C22H38N2O3S. The number of sulfone groups is 1. The van der Waals surface area contributed by atoms with E-state index in [0.717, 1.165) is 32.1 Å². The Morgan fingerprint density at radius 3 is 2.11 bits per heavy atom. The molecular weight excluding hydrogens is 372 g/mol. The van der Waals surface area contributed by atoms with E-state index < -0.39 is 25.9 Å². The first-order valence-electron chi connectivity index (χ1n) is 11.5. The first-order valence-corrected chi connectivity index (χ1v) is 13.1. The maximum atomic E-state index is 13.0. The van der Waals surface area contributed by atoms with Gasteiger partial charge in [0.2, 0.25) is 0 Å². The Hall–Kier alpha value is -1.00. The summed E-state index contributed by atoms with van der Waals surface area (Å²) in [6.45, 7) is 2.22. The third kappa shape index (κ3) is 6.52. The molecule has 28 heavy (non-hydrogen) atoms. The standard InChI is InChI=1S/C22H38N2O3S/c1-2-3-4-5-6-8-11-18-14-16-20(17-15-18)28(26,27)22(24-23)21(25)19-12-9-7-10-13-19/h18-20H,2-17H2,1H3. The van der Waals surface area contributed by atoms with Crippen molar-refractivity contribution in [3.05, 3.63) is 5.53 Å². The highest BCUT2D eigenvalue weighted by Crippen LogP contribution is 2.33. The molecule has 2 aliphatic rings. The normalized spacial score (nSPS) is 23.9. The zero-order valence-electron chi connectivity index (χ0n) is 17.6. The summed E-state index contributed by atoms with van der Waals surface area (Å²) in [7, 11) is -3.83. The monoisotopic (exact) mass is 410 g/mol. The van der Waals surface area contributed by atoms with Crippen molar-refractivity contribution >= 4 is 20.7 Å². The fourth-order valence-corrected chi connectivity index (χ4v) is 6.66. The van der Waals surface area contributed by atoms with Crippen LogP contribution in [0.2, 0.25) is 0 Å². The molecule has 0 heterocycles. The van der Waals surface area contributed by atoms with E-state index in [1.54, 1.807) is 0 Å². The van der Waals surface area contributed by atoms with E-state index in [1.807, 2.05) is 0 Å². The number of Topliss-reactive ketones (excluding diaryl/α,β-unsaturated/α-hetero) is 1. The summed E-state index contributed by atoms with van der Waals surface area (Å²) in [4.78, 5) is 15.7. The highest BCUT2D eigenvalue weighted by Gasteiger charge is 2.45. The quantitative estimate of drug-likeness (QED) is 0.157. The van der Waals surface area contributed by atoms with Gasteiger partial charge in [0.15, 0.2) is 0 Å². The number of hydrogen-bond acceptors (Lipinski definition) is 3. The van der Waals surface area contributed by atoms with Crippen molar-refractivity contribution in [3.63, 3.8) is 0 Å². The van der Waals surface area contributed by atoms with Crippen LogP contribution in [0.4, 0.5) is 0 Å². The number of ketones is 1. The van der Waals surface area contributed by atoms with E-state index >= 15 is 0 Å². The fraction of sp³-hybridized carbons (Fsp3) is 0.909. The van der Waals surface area contributed by atoms with Crippen LogP contribution < -0.4 is 0 Å². The molecule has 0 spiro atoms. The molecule has 2 fully saturated rings. The summed E-state index contributed by atoms with van der Waals surface area (Å²) in [5.41, 5.74) is 9.34. The van der Waals surface area contributed by atoms with Crippen molar-refractivity contribution in [2.45, 2.75) is 115 Å². The van der Waals surface area contributed by atoms with Gasteiger partial charge in [0.1, 0.15) is 0 Å². The van der Waals surface area contributed by atoms with Gasteiger partial charge in [0, 0.05) is 5.92 Å². The molecule has 2 aliphatic carbocycles. The van der Waals surface area contributed by atoms with E-state index in [0.29, 0.717) is 31.6 Å². The zero-order chi connectivity index (χ0) is 20.4. The fourth-order valence-electron chi connectivity index (χ4n) is 4.89. The lowest BCUT2D eigenvalue weighted by Gasteiger charge is -2.27. The number of rotatable bonds is 10. The summed E-state index contributed by atoms with van der Waals surface area (Å²) in [6, 6.07) is 0. The van der Waals surface area contributed by atoms with E-state index in [2.05, 4.69) is 11.7 Å². The SMILES string of the molecule is CCCCCCCCC1CCC(S(=O)(=O)C(=[N+]=[N-])C(=O)C2CCCCC2)CC1. The van der Waals surface area contributed by atoms with Crippen LogP contribution in [0.15, 0.2) is 0 Å². The molecule has 0 N–H and O–H groups in total. The molecule has 0 amide bonds. The minimum atomic E-state index is -3.83. The summed E-state index contributed by atoms with van der Waals surface area (Å²) in [6.07, 6.45) is 16.2. The third-order valence-corrected chi connectivity index (χ3v) is 8.92. The van der Waals surface area contributed by atoms with Crippen LogP contribution >= 0.6 is 0 Å². The Kier molecular flexibility index (Phi) is 9.87. The summed E-state index contributed by atoms with van der Waals surface area (Å²) < 4.78 is 25.9. The minimum Gasteiger partial charge on any atom is -0.360 e. The highest BCUT2D eigenvalue weighted by molar-refractivity contribution is 8.08. The number of unbranched alkanes of at least 4 members (excludes halogenated alkanes) is 5. The number of hydrogen-bond donors (Lipinski definition) is 0. The van der Waals surface area contributed by atoms with Gasteiger partial charge in [-0.25, -0.2) is 8.42 Å². The molecule has 2 saturated carbocycles. The molecule has 0 aromatic carbocycles. The van der Waals surface area contributed by atoms with Crippen LogP contribution in [0.5, 0.6) is 0 Å². The Balaban J connectivity index is 1.82. The molecule has 6 heteroatoms. The predicted molar refractivity (Wildman–Crippen MR) is 113 cm³/mol. The molecule has 0 saturated heterocycles. The first-order chi connectivity index (χ1) is 13.5. The molecule has 0 aromatic rings. The van der Waals surface area contributed by atoms with Crippen LogP contribution in [0.25, 0.3) is 5.53 Å². The minimum absolute atomic E-state index is 0.293. The lowest BCUT2D eigenvalue weighted by Crippen LogP contribution is -2.39. The molecule has 0 bridgehead atoms. The van der Waals surface area contributed by atoms with Gasteiger partial charge in [-0.2, -0.15) is 0 Å². The Labute approximate surface area is 171 Å². The molecule has 0 aliphatic heterocycles. The van der Waals surface area contributed by atoms with Crippen LogP contribution in [-0.2, 0) is 14.6 Å². The average molecular weight is 411 g/mol. The average Bonchev–Trinajstić information content (AvgIpc) is 2.72. The predicted octanol–water partition coefficient (Wildman–Crippen LogP) is 5.49. The Morgan fingerprint density at radius 2 is 1.50 bits per heavy atom. The lowest BCUT2D eigenvalue weighted by molar-refractivity contribution is -0.120. The van der Waals surface area contributed by atoms with E-state index in [-0.39, 0.29) is 5.92 Å². The van der Waals surface area contributed by atoms with Gasteiger partial charge in [-0.3, -0.25) is 4.79 Å². The molecule has 0 aromatic heterocycles. The zero-order valence-corrected chi connectivity index (χ0v) is 18.4. The third-order valence-electron chi connectivity index (χ3n) is 6.75. The van der Waals surface area contributed by atoms with Crippen LogP contribution in [0, 0.1) is 11.8 Å². The molecule has 0 radical (unpaired) electrons. The summed E-state index contributed by atoms with van der Waals surface area (Å²) >= 11 is 0. The maximum Gasteiger partial charge on any atom is 0.447 e. The second-order valence-corrected chi connectivity index (χ2v) is 11.0. The topological polar surface area (TPSA) is 87.6 Å². The van der Waals surface area contributed by atoms with Crippen LogP contribution in [0.3, 0.4) is 0 Å². The van der Waals surface area contributed by atoms with E-state index in [9.17, 15) is 18.7 Å². The molecule has 5 nitrogen and oxygen atoms in total. The Bertz CT molecular complexity index is 639. The number of carbonyl (C=O) groups excluding carboxylic acids is 1. The van der Waals surface area contributed by atoms with Crippen molar-refractivity contribution in [2.24, 2.45) is 11.8 Å². The van der Waals surface area contributed by atoms with E-state index in [1.165, 1.54) is 44.9 Å². The molecule has 0 atom stereocenters. The lowest BCUT2D eigenvalue weighted by atomic mass is 9.85.